The van der Waals surface area contributed by atoms with Crippen LogP contribution in [0.15, 0.2) is 6.07 Å². The van der Waals surface area contributed by atoms with Crippen LogP contribution in [-0.2, 0) is 4.74 Å². The largest absolute Gasteiger partial charge is 0.378 e. The lowest BCUT2D eigenvalue weighted by molar-refractivity contribution is 0.122. The second-order valence-electron chi connectivity index (χ2n) is 3.69. The summed E-state index contributed by atoms with van der Waals surface area (Å²) in [6.45, 7) is 7.07. The summed E-state index contributed by atoms with van der Waals surface area (Å²) >= 11 is 0. The van der Waals surface area contributed by atoms with E-state index in [1.165, 1.54) is 0 Å². The number of aryl methyl sites for hydroxylation is 1. The number of ether oxygens (including phenoxy) is 1. The minimum Gasteiger partial charge on any atom is -0.378 e. The number of anilines is 1. The van der Waals surface area contributed by atoms with Crippen molar-refractivity contribution < 1.29 is 4.74 Å². The highest BCUT2D eigenvalue weighted by molar-refractivity contribution is 5.57. The van der Waals surface area contributed by atoms with Gasteiger partial charge in [-0.3, -0.25) is 0 Å². The van der Waals surface area contributed by atoms with E-state index in [-0.39, 0.29) is 0 Å². The van der Waals surface area contributed by atoms with E-state index in [1.54, 1.807) is 0 Å². The quantitative estimate of drug-likeness (QED) is 0.658. The Balaban J connectivity index is 2.34. The topological polar surface area (TPSA) is 38.2 Å². The fourth-order valence-corrected chi connectivity index (χ4v) is 1.73. The Labute approximate surface area is 95.6 Å². The zero-order valence-electron chi connectivity index (χ0n) is 9.66. The van der Waals surface area contributed by atoms with Crippen molar-refractivity contribution in [1.29, 1.82) is 0 Å². The second kappa shape index (κ2) is 4.95. The standard InChI is InChI=1S/C12H15N3O/c1-3-4-11-12(9-10(2)13-14-11)15-5-7-16-8-6-15/h9H,5-8H2,1-2H3. The molecule has 1 aliphatic rings. The van der Waals surface area contributed by atoms with E-state index in [0.29, 0.717) is 0 Å². The van der Waals surface area contributed by atoms with Crippen LogP contribution < -0.4 is 4.90 Å². The van der Waals surface area contributed by atoms with Gasteiger partial charge in [-0.15, -0.1) is 5.10 Å². The molecular formula is C12H15N3O. The molecule has 1 aromatic rings. The van der Waals surface area contributed by atoms with Gasteiger partial charge in [0.15, 0.2) is 5.69 Å². The van der Waals surface area contributed by atoms with Crippen molar-refractivity contribution in [2.45, 2.75) is 13.8 Å². The van der Waals surface area contributed by atoms with Crippen LogP contribution in [0.5, 0.6) is 0 Å². The summed E-state index contributed by atoms with van der Waals surface area (Å²) in [5.41, 5.74) is 2.75. The molecular weight excluding hydrogens is 202 g/mol. The Morgan fingerprint density at radius 1 is 1.31 bits per heavy atom. The van der Waals surface area contributed by atoms with Gasteiger partial charge in [0.1, 0.15) is 0 Å². The molecule has 1 aromatic heterocycles. The Morgan fingerprint density at radius 3 is 2.75 bits per heavy atom. The number of nitrogens with zero attached hydrogens (tertiary/aromatic N) is 3. The first-order valence-corrected chi connectivity index (χ1v) is 5.41. The van der Waals surface area contributed by atoms with Crippen molar-refractivity contribution in [2.75, 3.05) is 31.2 Å². The predicted octanol–water partition coefficient (Wildman–Crippen LogP) is 0.993. The Hall–Kier alpha value is -1.60. The summed E-state index contributed by atoms with van der Waals surface area (Å²) in [7, 11) is 0. The molecule has 1 saturated heterocycles. The van der Waals surface area contributed by atoms with Gasteiger partial charge in [-0.05, 0) is 25.8 Å². The molecule has 2 heterocycles. The molecule has 0 bridgehead atoms. The molecule has 4 nitrogen and oxygen atoms in total. The summed E-state index contributed by atoms with van der Waals surface area (Å²) in [6.07, 6.45) is 0. The van der Waals surface area contributed by atoms with Crippen molar-refractivity contribution in [3.8, 4) is 11.8 Å². The maximum atomic E-state index is 5.34. The highest BCUT2D eigenvalue weighted by Gasteiger charge is 2.15. The zero-order chi connectivity index (χ0) is 11.4. The van der Waals surface area contributed by atoms with Gasteiger partial charge < -0.3 is 9.64 Å². The molecule has 16 heavy (non-hydrogen) atoms. The highest BCUT2D eigenvalue weighted by Crippen LogP contribution is 2.19. The Bertz CT molecular complexity index is 428. The third-order valence-corrected chi connectivity index (χ3v) is 2.49. The lowest BCUT2D eigenvalue weighted by Crippen LogP contribution is -2.37. The van der Waals surface area contributed by atoms with Crippen molar-refractivity contribution in [3.63, 3.8) is 0 Å². The predicted molar refractivity (Wildman–Crippen MR) is 62.4 cm³/mol. The van der Waals surface area contributed by atoms with Gasteiger partial charge in [-0.1, -0.05) is 5.92 Å². The Morgan fingerprint density at radius 2 is 2.06 bits per heavy atom. The number of hydrogen-bond donors (Lipinski definition) is 0. The van der Waals surface area contributed by atoms with E-state index in [4.69, 9.17) is 4.74 Å². The van der Waals surface area contributed by atoms with Crippen LogP contribution in [0.2, 0.25) is 0 Å². The maximum absolute atomic E-state index is 5.34. The average Bonchev–Trinajstić information content (AvgIpc) is 2.33. The molecule has 0 atom stereocenters. The van der Waals surface area contributed by atoms with Gasteiger partial charge in [0.25, 0.3) is 0 Å². The summed E-state index contributed by atoms with van der Waals surface area (Å²) in [4.78, 5) is 2.25. The fraction of sp³-hybridized carbons (Fsp3) is 0.500. The lowest BCUT2D eigenvalue weighted by atomic mass is 10.2. The van der Waals surface area contributed by atoms with Gasteiger partial charge in [-0.25, -0.2) is 0 Å². The molecule has 0 unspecified atom stereocenters. The molecule has 0 N–H and O–H groups in total. The van der Waals surface area contributed by atoms with Crippen LogP contribution in [0.1, 0.15) is 18.3 Å². The molecule has 0 spiro atoms. The SMILES string of the molecule is CC#Cc1nnc(C)cc1N1CCOCC1. The van der Waals surface area contributed by atoms with E-state index in [1.807, 2.05) is 19.9 Å². The number of aromatic nitrogens is 2. The van der Waals surface area contributed by atoms with E-state index < -0.39 is 0 Å². The van der Waals surface area contributed by atoms with Crippen LogP contribution in [-0.4, -0.2) is 36.5 Å². The molecule has 4 heteroatoms. The minimum absolute atomic E-state index is 0.759. The maximum Gasteiger partial charge on any atom is 0.159 e. The molecule has 1 fully saturated rings. The first-order valence-electron chi connectivity index (χ1n) is 5.41. The number of morpholine rings is 1. The molecule has 0 saturated carbocycles. The van der Waals surface area contributed by atoms with Crippen LogP contribution >= 0.6 is 0 Å². The summed E-state index contributed by atoms with van der Waals surface area (Å²) < 4.78 is 5.34. The molecule has 0 aliphatic carbocycles. The van der Waals surface area contributed by atoms with Crippen molar-refractivity contribution >= 4 is 5.69 Å². The van der Waals surface area contributed by atoms with Crippen LogP contribution in [0, 0.1) is 18.8 Å². The molecule has 84 valence electrons. The lowest BCUT2D eigenvalue weighted by Gasteiger charge is -2.29. The van der Waals surface area contributed by atoms with Crippen molar-refractivity contribution in [2.24, 2.45) is 0 Å². The summed E-state index contributed by atoms with van der Waals surface area (Å²) in [5, 5.41) is 8.18. The first-order chi connectivity index (χ1) is 7.81. The van der Waals surface area contributed by atoms with Crippen molar-refractivity contribution in [1.82, 2.24) is 10.2 Å². The zero-order valence-corrected chi connectivity index (χ0v) is 9.66. The fourth-order valence-electron chi connectivity index (χ4n) is 1.73. The van der Waals surface area contributed by atoms with Gasteiger partial charge in [0, 0.05) is 13.1 Å². The molecule has 1 aliphatic heterocycles. The molecule has 2 rings (SSSR count). The summed E-state index contributed by atoms with van der Waals surface area (Å²) in [6, 6.07) is 2.04. The molecule has 0 aromatic carbocycles. The number of rotatable bonds is 1. The van der Waals surface area contributed by atoms with Gasteiger partial charge in [-0.2, -0.15) is 5.10 Å². The Kier molecular flexibility index (Phi) is 3.37. The van der Waals surface area contributed by atoms with Crippen LogP contribution in [0.4, 0.5) is 5.69 Å². The summed E-state index contributed by atoms with van der Waals surface area (Å²) in [5.74, 6) is 5.87. The highest BCUT2D eigenvalue weighted by atomic mass is 16.5. The van der Waals surface area contributed by atoms with E-state index in [2.05, 4.69) is 26.9 Å². The smallest absolute Gasteiger partial charge is 0.159 e. The number of hydrogen-bond acceptors (Lipinski definition) is 4. The van der Waals surface area contributed by atoms with E-state index in [0.717, 1.165) is 43.4 Å². The van der Waals surface area contributed by atoms with E-state index in [9.17, 15) is 0 Å². The van der Waals surface area contributed by atoms with Gasteiger partial charge >= 0.3 is 0 Å². The van der Waals surface area contributed by atoms with Crippen molar-refractivity contribution in [3.05, 3.63) is 17.5 Å². The third-order valence-electron chi connectivity index (χ3n) is 2.49. The molecule has 0 amide bonds. The second-order valence-corrected chi connectivity index (χ2v) is 3.69. The average molecular weight is 217 g/mol. The normalized spacial score (nSPS) is 15.5. The monoisotopic (exact) mass is 217 g/mol. The minimum atomic E-state index is 0.759. The van der Waals surface area contributed by atoms with E-state index >= 15 is 0 Å². The van der Waals surface area contributed by atoms with Crippen LogP contribution in [0.25, 0.3) is 0 Å². The third kappa shape index (κ3) is 2.31. The van der Waals surface area contributed by atoms with Crippen LogP contribution in [0.3, 0.4) is 0 Å². The first kappa shape index (κ1) is 10.9. The molecule has 0 radical (unpaired) electrons. The van der Waals surface area contributed by atoms with Gasteiger partial charge in [0.05, 0.1) is 24.6 Å². The van der Waals surface area contributed by atoms with Gasteiger partial charge in [0.2, 0.25) is 0 Å².